The molecule has 1 amide bonds. The average Bonchev–Trinajstić information content (AvgIpc) is 3.15. The van der Waals surface area contributed by atoms with Crippen molar-refractivity contribution in [1.29, 1.82) is 0 Å². The number of likely N-dealkylation sites (tertiary alicyclic amines) is 1. The lowest BCUT2D eigenvalue weighted by Crippen LogP contribution is -2.27. The van der Waals surface area contributed by atoms with Crippen molar-refractivity contribution >= 4 is 5.91 Å². The van der Waals surface area contributed by atoms with E-state index in [-0.39, 0.29) is 12.5 Å². The third-order valence-corrected chi connectivity index (χ3v) is 4.46. The summed E-state index contributed by atoms with van der Waals surface area (Å²) in [5.74, 6) is -0.0860. The van der Waals surface area contributed by atoms with E-state index >= 15 is 0 Å². The van der Waals surface area contributed by atoms with Gasteiger partial charge in [-0.05, 0) is 42.6 Å². The van der Waals surface area contributed by atoms with Crippen molar-refractivity contribution in [3.8, 4) is 0 Å². The molecule has 0 spiro atoms. The number of carbonyl (C=O) groups is 1. The average molecular weight is 338 g/mol. The van der Waals surface area contributed by atoms with Gasteiger partial charge in [-0.1, -0.05) is 54.6 Å². The van der Waals surface area contributed by atoms with Crippen LogP contribution in [0.5, 0.6) is 0 Å². The molecular weight excluding hydrogens is 312 g/mol. The molecule has 1 heterocycles. The predicted octanol–water partition coefficient (Wildman–Crippen LogP) is 3.12. The Bertz CT molecular complexity index is 649. The number of nitrogens with zero attached hydrogens (tertiary/aromatic N) is 1. The summed E-state index contributed by atoms with van der Waals surface area (Å²) in [5.41, 5.74) is 3.52. The van der Waals surface area contributed by atoms with Gasteiger partial charge < -0.3 is 10.1 Å². The third-order valence-electron chi connectivity index (χ3n) is 4.46. The first kappa shape index (κ1) is 17.6. The Labute approximate surface area is 149 Å². The van der Waals surface area contributed by atoms with Gasteiger partial charge in [0.2, 0.25) is 5.91 Å². The van der Waals surface area contributed by atoms with Crippen molar-refractivity contribution in [1.82, 2.24) is 10.2 Å². The first-order chi connectivity index (χ1) is 12.3. The number of hydrogen-bond acceptors (Lipinski definition) is 3. The smallest absolute Gasteiger partial charge is 0.246 e. The highest BCUT2D eigenvalue weighted by Crippen LogP contribution is 2.13. The second kappa shape index (κ2) is 9.35. The van der Waals surface area contributed by atoms with Crippen molar-refractivity contribution in [3.63, 3.8) is 0 Å². The summed E-state index contributed by atoms with van der Waals surface area (Å²) in [6.07, 6.45) is 2.63. The van der Waals surface area contributed by atoms with Gasteiger partial charge in [-0.3, -0.25) is 9.69 Å². The second-order valence-electron chi connectivity index (χ2n) is 6.55. The van der Waals surface area contributed by atoms with Crippen molar-refractivity contribution in [2.45, 2.75) is 32.5 Å². The van der Waals surface area contributed by atoms with Crippen LogP contribution in [0.15, 0.2) is 54.6 Å². The summed E-state index contributed by atoms with van der Waals surface area (Å²) in [6, 6.07) is 18.4. The molecule has 0 atom stereocenters. The molecule has 3 rings (SSSR count). The summed E-state index contributed by atoms with van der Waals surface area (Å²) in [6.45, 7) is 4.53. The third kappa shape index (κ3) is 6.00. The van der Waals surface area contributed by atoms with E-state index in [4.69, 9.17) is 4.74 Å². The van der Waals surface area contributed by atoms with Gasteiger partial charge >= 0.3 is 0 Å². The fraction of sp³-hybridized carbons (Fsp3) is 0.381. The van der Waals surface area contributed by atoms with Crippen LogP contribution in [0.25, 0.3) is 0 Å². The zero-order valence-corrected chi connectivity index (χ0v) is 14.6. The van der Waals surface area contributed by atoms with Crippen LogP contribution < -0.4 is 5.32 Å². The van der Waals surface area contributed by atoms with Crippen molar-refractivity contribution in [2.75, 3.05) is 19.7 Å². The Balaban J connectivity index is 1.35. The van der Waals surface area contributed by atoms with E-state index in [2.05, 4.69) is 34.5 Å². The molecule has 1 N–H and O–H groups in total. The number of benzene rings is 2. The molecule has 132 valence electrons. The van der Waals surface area contributed by atoms with Crippen LogP contribution in [0.1, 0.15) is 29.5 Å². The van der Waals surface area contributed by atoms with E-state index < -0.39 is 0 Å². The molecule has 2 aromatic rings. The van der Waals surface area contributed by atoms with Crippen molar-refractivity contribution in [2.24, 2.45) is 0 Å². The van der Waals surface area contributed by atoms with E-state index in [0.717, 1.165) is 17.7 Å². The summed E-state index contributed by atoms with van der Waals surface area (Å²) in [5, 5.41) is 2.90. The maximum Gasteiger partial charge on any atom is 0.246 e. The number of hydrogen-bond donors (Lipinski definition) is 1. The Morgan fingerprint density at radius 3 is 2.32 bits per heavy atom. The molecule has 2 aromatic carbocycles. The van der Waals surface area contributed by atoms with Crippen LogP contribution >= 0.6 is 0 Å². The van der Waals surface area contributed by atoms with Gasteiger partial charge in [-0.15, -0.1) is 0 Å². The number of amides is 1. The highest BCUT2D eigenvalue weighted by atomic mass is 16.5. The van der Waals surface area contributed by atoms with Gasteiger partial charge in [0.1, 0.15) is 6.61 Å². The first-order valence-electron chi connectivity index (χ1n) is 8.98. The molecule has 1 aliphatic rings. The highest BCUT2D eigenvalue weighted by Gasteiger charge is 2.11. The topological polar surface area (TPSA) is 41.6 Å². The Kier molecular flexibility index (Phi) is 6.60. The number of nitrogens with one attached hydrogen (secondary N) is 1. The molecular formula is C21H26N2O2. The molecule has 4 nitrogen and oxygen atoms in total. The highest BCUT2D eigenvalue weighted by molar-refractivity contribution is 5.77. The van der Waals surface area contributed by atoms with Crippen LogP contribution in [-0.2, 0) is 29.2 Å². The lowest BCUT2D eigenvalue weighted by Gasteiger charge is -2.14. The normalized spacial score (nSPS) is 14.6. The summed E-state index contributed by atoms with van der Waals surface area (Å²) < 4.78 is 5.45. The fourth-order valence-electron chi connectivity index (χ4n) is 3.05. The van der Waals surface area contributed by atoms with Gasteiger partial charge in [0.05, 0.1) is 6.61 Å². The van der Waals surface area contributed by atoms with Crippen LogP contribution in [0.4, 0.5) is 0 Å². The van der Waals surface area contributed by atoms with Gasteiger partial charge in [0.25, 0.3) is 0 Å². The van der Waals surface area contributed by atoms with Crippen molar-refractivity contribution in [3.05, 3.63) is 71.3 Å². The summed E-state index contributed by atoms with van der Waals surface area (Å²) >= 11 is 0. The number of rotatable bonds is 8. The van der Waals surface area contributed by atoms with Crippen LogP contribution in [0, 0.1) is 0 Å². The van der Waals surface area contributed by atoms with Gasteiger partial charge in [-0.25, -0.2) is 0 Å². The Hall–Kier alpha value is -2.17. The standard InChI is InChI=1S/C21H26N2O2/c24-21(17-25-16-20-6-2-1-3-7-20)22-14-18-8-10-19(11-9-18)15-23-12-4-5-13-23/h1-3,6-11H,4-5,12-17H2,(H,22,24). The molecule has 1 fully saturated rings. The fourth-order valence-corrected chi connectivity index (χ4v) is 3.05. The van der Waals surface area contributed by atoms with E-state index in [9.17, 15) is 4.79 Å². The summed E-state index contributed by atoms with van der Waals surface area (Å²) in [4.78, 5) is 14.3. The lowest BCUT2D eigenvalue weighted by atomic mass is 10.1. The van der Waals surface area contributed by atoms with Crippen LogP contribution in [0.2, 0.25) is 0 Å². The molecule has 0 radical (unpaired) electrons. The zero-order chi connectivity index (χ0) is 17.3. The second-order valence-corrected chi connectivity index (χ2v) is 6.55. The predicted molar refractivity (Wildman–Crippen MR) is 98.9 cm³/mol. The SMILES string of the molecule is O=C(COCc1ccccc1)NCc1ccc(CN2CCCC2)cc1. The number of carbonyl (C=O) groups excluding carboxylic acids is 1. The first-order valence-corrected chi connectivity index (χ1v) is 8.98. The monoisotopic (exact) mass is 338 g/mol. The molecule has 0 aromatic heterocycles. The van der Waals surface area contributed by atoms with Crippen LogP contribution in [0.3, 0.4) is 0 Å². The Morgan fingerprint density at radius 2 is 1.60 bits per heavy atom. The number of ether oxygens (including phenoxy) is 1. The van der Waals surface area contributed by atoms with Gasteiger partial charge in [0, 0.05) is 13.1 Å². The zero-order valence-electron chi connectivity index (χ0n) is 14.6. The molecule has 0 unspecified atom stereocenters. The van der Waals surface area contributed by atoms with Crippen molar-refractivity contribution < 1.29 is 9.53 Å². The van der Waals surface area contributed by atoms with Crippen LogP contribution in [-0.4, -0.2) is 30.5 Å². The largest absolute Gasteiger partial charge is 0.367 e. The van der Waals surface area contributed by atoms with Gasteiger partial charge in [-0.2, -0.15) is 0 Å². The molecule has 4 heteroatoms. The molecule has 25 heavy (non-hydrogen) atoms. The molecule has 0 aliphatic carbocycles. The lowest BCUT2D eigenvalue weighted by molar-refractivity contribution is -0.126. The molecule has 1 aliphatic heterocycles. The van der Waals surface area contributed by atoms with Gasteiger partial charge in [0.15, 0.2) is 0 Å². The van der Waals surface area contributed by atoms with E-state index in [1.807, 2.05) is 30.3 Å². The maximum absolute atomic E-state index is 11.9. The summed E-state index contributed by atoms with van der Waals surface area (Å²) in [7, 11) is 0. The molecule has 0 saturated carbocycles. The molecule has 0 bridgehead atoms. The minimum absolute atomic E-state index is 0.0853. The minimum atomic E-state index is -0.0860. The quantitative estimate of drug-likeness (QED) is 0.804. The van der Waals surface area contributed by atoms with E-state index in [1.54, 1.807) is 0 Å². The van der Waals surface area contributed by atoms with E-state index in [0.29, 0.717) is 13.2 Å². The Morgan fingerprint density at radius 1 is 0.920 bits per heavy atom. The minimum Gasteiger partial charge on any atom is -0.367 e. The maximum atomic E-state index is 11.9. The molecule has 1 saturated heterocycles. The van der Waals surface area contributed by atoms with E-state index in [1.165, 1.54) is 31.5 Å².